The number of esters is 1. The number of ether oxygens (including phenoxy) is 1. The third-order valence-corrected chi connectivity index (χ3v) is 2.42. The quantitative estimate of drug-likeness (QED) is 0.720. The second-order valence-electron chi connectivity index (χ2n) is 2.30. The molecule has 0 aliphatic carbocycles. The maximum atomic E-state index is 11.1. The standard InChI is InChI=1S/C8H11NO2S/c1-9-5-6-3-4-12-7(6)8(10)11-2/h3-4,9H,5H2,1-2H3. The molecule has 0 saturated heterocycles. The molecule has 0 fully saturated rings. The van der Waals surface area contributed by atoms with Crippen molar-refractivity contribution in [2.45, 2.75) is 6.54 Å². The summed E-state index contributed by atoms with van der Waals surface area (Å²) in [4.78, 5) is 11.8. The molecule has 0 atom stereocenters. The number of hydrogen-bond donors (Lipinski definition) is 1. The summed E-state index contributed by atoms with van der Waals surface area (Å²) in [5, 5.41) is 4.88. The van der Waals surface area contributed by atoms with E-state index in [1.807, 2.05) is 18.5 Å². The average Bonchev–Trinajstić information content (AvgIpc) is 2.52. The van der Waals surface area contributed by atoms with Gasteiger partial charge in [0.15, 0.2) is 0 Å². The lowest BCUT2D eigenvalue weighted by molar-refractivity contribution is 0.0605. The normalized spacial score (nSPS) is 9.83. The number of methoxy groups -OCH3 is 1. The number of carbonyl (C=O) groups is 1. The summed E-state index contributed by atoms with van der Waals surface area (Å²) in [5.74, 6) is -0.254. The molecule has 1 aromatic heterocycles. The minimum atomic E-state index is -0.254. The van der Waals surface area contributed by atoms with E-state index in [9.17, 15) is 4.79 Å². The Labute approximate surface area is 75.4 Å². The van der Waals surface area contributed by atoms with Gasteiger partial charge in [-0.15, -0.1) is 11.3 Å². The first-order valence-electron chi connectivity index (χ1n) is 3.59. The molecule has 4 heteroatoms. The topological polar surface area (TPSA) is 38.3 Å². The number of hydrogen-bond acceptors (Lipinski definition) is 4. The average molecular weight is 185 g/mol. The van der Waals surface area contributed by atoms with Crippen molar-refractivity contribution in [2.75, 3.05) is 14.2 Å². The highest BCUT2D eigenvalue weighted by Gasteiger charge is 2.11. The first kappa shape index (κ1) is 9.22. The van der Waals surface area contributed by atoms with Crippen molar-refractivity contribution in [3.63, 3.8) is 0 Å². The van der Waals surface area contributed by atoms with Crippen LogP contribution in [0.3, 0.4) is 0 Å². The van der Waals surface area contributed by atoms with Gasteiger partial charge < -0.3 is 10.1 Å². The minimum absolute atomic E-state index is 0.254. The number of rotatable bonds is 3. The third-order valence-electron chi connectivity index (χ3n) is 1.48. The Morgan fingerprint density at radius 1 is 1.75 bits per heavy atom. The van der Waals surface area contributed by atoms with Crippen LogP contribution in [0.1, 0.15) is 15.2 Å². The molecule has 0 unspecified atom stereocenters. The summed E-state index contributed by atoms with van der Waals surface area (Å²) >= 11 is 1.41. The van der Waals surface area contributed by atoms with E-state index in [1.54, 1.807) is 0 Å². The summed E-state index contributed by atoms with van der Waals surface area (Å²) in [6, 6.07) is 1.92. The van der Waals surface area contributed by atoms with E-state index in [0.29, 0.717) is 11.4 Å². The smallest absolute Gasteiger partial charge is 0.348 e. The Kier molecular flexibility index (Phi) is 3.25. The zero-order valence-corrected chi connectivity index (χ0v) is 7.90. The van der Waals surface area contributed by atoms with Crippen LogP contribution in [0.15, 0.2) is 11.4 Å². The van der Waals surface area contributed by atoms with Gasteiger partial charge >= 0.3 is 5.97 Å². The van der Waals surface area contributed by atoms with Crippen molar-refractivity contribution in [3.05, 3.63) is 21.9 Å². The molecule has 1 rings (SSSR count). The van der Waals surface area contributed by atoms with Crippen molar-refractivity contribution < 1.29 is 9.53 Å². The number of thiophene rings is 1. The van der Waals surface area contributed by atoms with E-state index < -0.39 is 0 Å². The summed E-state index contributed by atoms with van der Waals surface area (Å²) < 4.78 is 4.63. The Bertz CT molecular complexity index is 270. The molecule has 0 amide bonds. The van der Waals surface area contributed by atoms with E-state index >= 15 is 0 Å². The first-order valence-corrected chi connectivity index (χ1v) is 4.47. The molecular formula is C8H11NO2S. The second kappa shape index (κ2) is 4.23. The first-order chi connectivity index (χ1) is 5.79. The summed E-state index contributed by atoms with van der Waals surface area (Å²) in [5.41, 5.74) is 0.995. The highest BCUT2D eigenvalue weighted by molar-refractivity contribution is 7.12. The molecule has 1 heterocycles. The van der Waals surface area contributed by atoms with Gasteiger partial charge in [-0.25, -0.2) is 4.79 Å². The fraction of sp³-hybridized carbons (Fsp3) is 0.375. The molecule has 66 valence electrons. The molecule has 1 aromatic rings. The predicted molar refractivity (Wildman–Crippen MR) is 48.4 cm³/mol. The van der Waals surface area contributed by atoms with Gasteiger partial charge in [-0.1, -0.05) is 0 Å². The van der Waals surface area contributed by atoms with Crippen molar-refractivity contribution in [2.24, 2.45) is 0 Å². The molecular weight excluding hydrogens is 174 g/mol. The van der Waals surface area contributed by atoms with Gasteiger partial charge in [-0.2, -0.15) is 0 Å². The van der Waals surface area contributed by atoms with E-state index in [1.165, 1.54) is 18.4 Å². The summed E-state index contributed by atoms with van der Waals surface area (Å²) in [7, 11) is 3.24. The molecule has 0 saturated carbocycles. The molecule has 3 nitrogen and oxygen atoms in total. The van der Waals surface area contributed by atoms with Crippen LogP contribution < -0.4 is 5.32 Å². The zero-order chi connectivity index (χ0) is 8.97. The maximum Gasteiger partial charge on any atom is 0.348 e. The van der Waals surface area contributed by atoms with Crippen LogP contribution in [-0.4, -0.2) is 20.1 Å². The Balaban J connectivity index is 2.83. The van der Waals surface area contributed by atoms with Crippen LogP contribution in [0.5, 0.6) is 0 Å². The molecule has 0 bridgehead atoms. The molecule has 0 spiro atoms. The number of carbonyl (C=O) groups excluding carboxylic acids is 1. The summed E-state index contributed by atoms with van der Waals surface area (Å²) in [6.45, 7) is 0.702. The van der Waals surface area contributed by atoms with Crippen LogP contribution in [-0.2, 0) is 11.3 Å². The Morgan fingerprint density at radius 3 is 3.08 bits per heavy atom. The fourth-order valence-corrected chi connectivity index (χ4v) is 1.78. The Hall–Kier alpha value is -0.870. The van der Waals surface area contributed by atoms with Gasteiger partial charge in [-0.05, 0) is 24.1 Å². The van der Waals surface area contributed by atoms with Crippen LogP contribution in [0.25, 0.3) is 0 Å². The van der Waals surface area contributed by atoms with Gasteiger partial charge in [0.1, 0.15) is 4.88 Å². The zero-order valence-electron chi connectivity index (χ0n) is 7.09. The summed E-state index contributed by atoms with van der Waals surface area (Å²) in [6.07, 6.45) is 0. The monoisotopic (exact) mass is 185 g/mol. The number of nitrogens with one attached hydrogen (secondary N) is 1. The maximum absolute atomic E-state index is 11.1. The van der Waals surface area contributed by atoms with Gasteiger partial charge in [0, 0.05) is 6.54 Å². The molecule has 12 heavy (non-hydrogen) atoms. The molecule has 1 N–H and O–H groups in total. The van der Waals surface area contributed by atoms with Gasteiger partial charge in [0.2, 0.25) is 0 Å². The van der Waals surface area contributed by atoms with E-state index in [4.69, 9.17) is 0 Å². The highest BCUT2D eigenvalue weighted by Crippen LogP contribution is 2.17. The lowest BCUT2D eigenvalue weighted by atomic mass is 10.2. The Morgan fingerprint density at radius 2 is 2.50 bits per heavy atom. The molecule has 0 aliphatic heterocycles. The van der Waals surface area contributed by atoms with Gasteiger partial charge in [-0.3, -0.25) is 0 Å². The van der Waals surface area contributed by atoms with Crippen molar-refractivity contribution >= 4 is 17.3 Å². The van der Waals surface area contributed by atoms with Crippen molar-refractivity contribution in [1.29, 1.82) is 0 Å². The van der Waals surface area contributed by atoms with Crippen molar-refractivity contribution in [3.8, 4) is 0 Å². The molecule has 0 aliphatic rings. The minimum Gasteiger partial charge on any atom is -0.465 e. The predicted octanol–water partition coefficient (Wildman–Crippen LogP) is 1.25. The molecule has 0 radical (unpaired) electrons. The van der Waals surface area contributed by atoms with Crippen LogP contribution in [0, 0.1) is 0 Å². The van der Waals surface area contributed by atoms with E-state index in [-0.39, 0.29) is 5.97 Å². The highest BCUT2D eigenvalue weighted by atomic mass is 32.1. The fourth-order valence-electron chi connectivity index (χ4n) is 0.937. The van der Waals surface area contributed by atoms with Gasteiger partial charge in [0.25, 0.3) is 0 Å². The van der Waals surface area contributed by atoms with Crippen molar-refractivity contribution in [1.82, 2.24) is 5.32 Å². The largest absolute Gasteiger partial charge is 0.465 e. The van der Waals surface area contributed by atoms with Gasteiger partial charge in [0.05, 0.1) is 7.11 Å². The lowest BCUT2D eigenvalue weighted by Crippen LogP contribution is -2.09. The second-order valence-corrected chi connectivity index (χ2v) is 3.21. The van der Waals surface area contributed by atoms with E-state index in [2.05, 4.69) is 10.1 Å². The molecule has 0 aromatic carbocycles. The lowest BCUT2D eigenvalue weighted by Gasteiger charge is -1.99. The van der Waals surface area contributed by atoms with Crippen LogP contribution in [0.2, 0.25) is 0 Å². The van der Waals surface area contributed by atoms with Crippen LogP contribution in [0.4, 0.5) is 0 Å². The SMILES string of the molecule is CNCc1ccsc1C(=O)OC. The van der Waals surface area contributed by atoms with E-state index in [0.717, 1.165) is 5.56 Å². The van der Waals surface area contributed by atoms with Crippen LogP contribution >= 0.6 is 11.3 Å². The third kappa shape index (κ3) is 1.84.